The Morgan fingerprint density at radius 1 is 1.46 bits per heavy atom. The highest BCUT2D eigenvalue weighted by Gasteiger charge is 2.23. The molecule has 0 fully saturated rings. The van der Waals surface area contributed by atoms with Gasteiger partial charge in [-0.3, -0.25) is 4.79 Å². The summed E-state index contributed by atoms with van der Waals surface area (Å²) in [6.07, 6.45) is 0.762. The third-order valence-electron chi connectivity index (χ3n) is 2.40. The molecule has 1 aromatic rings. The molecule has 0 aromatic heterocycles. The molecule has 0 bridgehead atoms. The van der Waals surface area contributed by atoms with Crippen LogP contribution in [0.5, 0.6) is 0 Å². The minimum atomic E-state index is -0.0603. The lowest BCUT2D eigenvalue weighted by atomic mass is 9.93. The van der Waals surface area contributed by atoms with Crippen LogP contribution >= 0.6 is 0 Å². The molecule has 3 N–H and O–H groups in total. The SMILES string of the molecule is NC[C@@H]1Cc2ccccc2NC1=O. The van der Waals surface area contributed by atoms with Gasteiger partial charge in [0.15, 0.2) is 0 Å². The standard InChI is InChI=1S/C10H12N2O/c11-6-8-5-7-3-1-2-4-9(7)12-10(8)13/h1-4,8H,5-6,11H2,(H,12,13)/t8-/m0/s1. The van der Waals surface area contributed by atoms with Crippen LogP contribution in [0.2, 0.25) is 0 Å². The third kappa shape index (κ3) is 1.42. The maximum absolute atomic E-state index is 11.4. The molecule has 13 heavy (non-hydrogen) atoms. The lowest BCUT2D eigenvalue weighted by molar-refractivity contribution is -0.119. The van der Waals surface area contributed by atoms with Crippen molar-refractivity contribution in [2.45, 2.75) is 6.42 Å². The molecule has 0 radical (unpaired) electrons. The van der Waals surface area contributed by atoms with Gasteiger partial charge in [-0.05, 0) is 18.1 Å². The maximum atomic E-state index is 11.4. The molecule has 1 amide bonds. The summed E-state index contributed by atoms with van der Waals surface area (Å²) in [5, 5.41) is 2.84. The van der Waals surface area contributed by atoms with Crippen LogP contribution in [-0.2, 0) is 11.2 Å². The summed E-state index contributed by atoms with van der Waals surface area (Å²) in [6, 6.07) is 7.84. The molecule has 1 aromatic carbocycles. The second kappa shape index (κ2) is 3.18. The van der Waals surface area contributed by atoms with Crippen LogP contribution in [0.4, 0.5) is 5.69 Å². The number of nitrogens with one attached hydrogen (secondary N) is 1. The van der Waals surface area contributed by atoms with Gasteiger partial charge in [0.05, 0.1) is 5.92 Å². The molecule has 0 unspecified atom stereocenters. The number of fused-ring (bicyclic) bond motifs is 1. The van der Waals surface area contributed by atoms with Crippen molar-refractivity contribution in [3.8, 4) is 0 Å². The summed E-state index contributed by atoms with van der Waals surface area (Å²) in [5.41, 5.74) is 7.60. The average Bonchev–Trinajstić information content (AvgIpc) is 2.17. The summed E-state index contributed by atoms with van der Waals surface area (Å²) in [5.74, 6) is -0.0175. The number of hydrogen-bond donors (Lipinski definition) is 2. The summed E-state index contributed by atoms with van der Waals surface area (Å²) in [4.78, 5) is 11.4. The smallest absolute Gasteiger partial charge is 0.229 e. The predicted octanol–water partition coefficient (Wildman–Crippen LogP) is 0.756. The molecule has 1 aliphatic rings. The fourth-order valence-electron chi connectivity index (χ4n) is 1.60. The first-order valence-corrected chi connectivity index (χ1v) is 4.40. The zero-order valence-electron chi connectivity index (χ0n) is 7.29. The Morgan fingerprint density at radius 2 is 2.23 bits per heavy atom. The normalized spacial score (nSPS) is 20.7. The number of para-hydroxylation sites is 1. The number of rotatable bonds is 1. The third-order valence-corrected chi connectivity index (χ3v) is 2.40. The van der Waals surface area contributed by atoms with Crippen molar-refractivity contribution in [1.82, 2.24) is 0 Å². The van der Waals surface area contributed by atoms with Gasteiger partial charge in [-0.2, -0.15) is 0 Å². The largest absolute Gasteiger partial charge is 0.330 e. The molecule has 68 valence electrons. The van der Waals surface area contributed by atoms with Crippen LogP contribution in [0, 0.1) is 5.92 Å². The molecule has 3 nitrogen and oxygen atoms in total. The number of anilines is 1. The lowest BCUT2D eigenvalue weighted by Crippen LogP contribution is -2.34. The Labute approximate surface area is 76.9 Å². The first-order valence-electron chi connectivity index (χ1n) is 4.40. The van der Waals surface area contributed by atoms with Crippen LogP contribution in [0.25, 0.3) is 0 Å². The molecular weight excluding hydrogens is 164 g/mol. The van der Waals surface area contributed by atoms with Gasteiger partial charge in [-0.15, -0.1) is 0 Å². The molecular formula is C10H12N2O. The highest BCUT2D eigenvalue weighted by molar-refractivity contribution is 5.95. The maximum Gasteiger partial charge on any atom is 0.229 e. The van der Waals surface area contributed by atoms with E-state index >= 15 is 0 Å². The zero-order valence-corrected chi connectivity index (χ0v) is 7.29. The van der Waals surface area contributed by atoms with E-state index < -0.39 is 0 Å². The van der Waals surface area contributed by atoms with Crippen molar-refractivity contribution >= 4 is 11.6 Å². The van der Waals surface area contributed by atoms with Crippen LogP contribution in [0.15, 0.2) is 24.3 Å². The van der Waals surface area contributed by atoms with Crippen molar-refractivity contribution in [3.63, 3.8) is 0 Å². The second-order valence-electron chi connectivity index (χ2n) is 3.28. The van der Waals surface area contributed by atoms with E-state index in [1.54, 1.807) is 0 Å². The monoisotopic (exact) mass is 176 g/mol. The number of hydrogen-bond acceptors (Lipinski definition) is 2. The molecule has 1 aliphatic heterocycles. The van der Waals surface area contributed by atoms with Crippen LogP contribution in [0.1, 0.15) is 5.56 Å². The summed E-state index contributed by atoms with van der Waals surface area (Å²) in [7, 11) is 0. The van der Waals surface area contributed by atoms with E-state index in [1.165, 1.54) is 5.56 Å². The van der Waals surface area contributed by atoms with Crippen molar-refractivity contribution < 1.29 is 4.79 Å². The molecule has 0 saturated carbocycles. The fraction of sp³-hybridized carbons (Fsp3) is 0.300. The average molecular weight is 176 g/mol. The van der Waals surface area contributed by atoms with Gasteiger partial charge in [0.2, 0.25) is 5.91 Å². The Hall–Kier alpha value is -1.35. The molecule has 1 heterocycles. The van der Waals surface area contributed by atoms with Crippen molar-refractivity contribution in [2.75, 3.05) is 11.9 Å². The van der Waals surface area contributed by atoms with Gasteiger partial charge >= 0.3 is 0 Å². The zero-order chi connectivity index (χ0) is 9.26. The van der Waals surface area contributed by atoms with Crippen molar-refractivity contribution in [1.29, 1.82) is 0 Å². The van der Waals surface area contributed by atoms with Gasteiger partial charge < -0.3 is 11.1 Å². The first kappa shape index (κ1) is 8.26. The molecule has 0 saturated heterocycles. The first-order chi connectivity index (χ1) is 6.31. The van der Waals surface area contributed by atoms with Crippen molar-refractivity contribution in [3.05, 3.63) is 29.8 Å². The summed E-state index contributed by atoms with van der Waals surface area (Å²) >= 11 is 0. The highest BCUT2D eigenvalue weighted by atomic mass is 16.1. The molecule has 1 atom stereocenters. The minimum Gasteiger partial charge on any atom is -0.330 e. The van der Waals surface area contributed by atoms with E-state index in [-0.39, 0.29) is 11.8 Å². The number of carbonyl (C=O) groups excluding carboxylic acids is 1. The van der Waals surface area contributed by atoms with E-state index in [0.717, 1.165) is 12.1 Å². The lowest BCUT2D eigenvalue weighted by Gasteiger charge is -2.23. The van der Waals surface area contributed by atoms with E-state index in [2.05, 4.69) is 5.32 Å². The van der Waals surface area contributed by atoms with Crippen molar-refractivity contribution in [2.24, 2.45) is 11.7 Å². The Kier molecular flexibility index (Phi) is 2.02. The van der Waals surface area contributed by atoms with Gasteiger partial charge in [0.25, 0.3) is 0 Å². The summed E-state index contributed by atoms with van der Waals surface area (Å²) < 4.78 is 0. The predicted molar refractivity (Wildman–Crippen MR) is 51.3 cm³/mol. The molecule has 0 aliphatic carbocycles. The van der Waals surface area contributed by atoms with E-state index in [9.17, 15) is 4.79 Å². The minimum absolute atomic E-state index is 0.0428. The number of nitrogens with two attached hydrogens (primary N) is 1. The van der Waals surface area contributed by atoms with E-state index in [0.29, 0.717) is 6.54 Å². The Bertz CT molecular complexity index is 335. The van der Waals surface area contributed by atoms with E-state index in [4.69, 9.17) is 5.73 Å². The highest BCUT2D eigenvalue weighted by Crippen LogP contribution is 2.24. The van der Waals surface area contributed by atoms with E-state index in [1.807, 2.05) is 24.3 Å². The van der Waals surface area contributed by atoms with Gasteiger partial charge in [0.1, 0.15) is 0 Å². The quantitative estimate of drug-likeness (QED) is 0.663. The second-order valence-corrected chi connectivity index (χ2v) is 3.28. The molecule has 3 heteroatoms. The number of amides is 1. The van der Waals surface area contributed by atoms with Gasteiger partial charge in [0, 0.05) is 12.2 Å². The van der Waals surface area contributed by atoms with Crippen LogP contribution < -0.4 is 11.1 Å². The van der Waals surface area contributed by atoms with Gasteiger partial charge in [-0.1, -0.05) is 18.2 Å². The number of benzene rings is 1. The number of carbonyl (C=O) groups is 1. The Balaban J connectivity index is 2.33. The van der Waals surface area contributed by atoms with Crippen LogP contribution in [0.3, 0.4) is 0 Å². The molecule has 0 spiro atoms. The van der Waals surface area contributed by atoms with Crippen LogP contribution in [-0.4, -0.2) is 12.5 Å². The fourth-order valence-corrected chi connectivity index (χ4v) is 1.60. The van der Waals surface area contributed by atoms with Gasteiger partial charge in [-0.25, -0.2) is 0 Å². The topological polar surface area (TPSA) is 55.1 Å². The summed E-state index contributed by atoms with van der Waals surface area (Å²) in [6.45, 7) is 0.417. The molecule has 2 rings (SSSR count). The Morgan fingerprint density at radius 3 is 3.00 bits per heavy atom.